The third kappa shape index (κ3) is 3.15. The minimum atomic E-state index is -0.165. The number of aryl methyl sites for hydroxylation is 1. The molecule has 1 aliphatic carbocycles. The molecule has 3 N–H and O–H groups in total. The van der Waals surface area contributed by atoms with Crippen molar-refractivity contribution in [3.63, 3.8) is 0 Å². The molecule has 0 aliphatic heterocycles. The highest BCUT2D eigenvalue weighted by molar-refractivity contribution is 5.76. The van der Waals surface area contributed by atoms with Gasteiger partial charge in [0.05, 0.1) is 0 Å². The molecule has 0 atom stereocenters. The number of carbonyl (C=O) groups excluding carboxylic acids is 1. The minimum absolute atomic E-state index is 0.0557. The predicted molar refractivity (Wildman–Crippen MR) is 65.3 cm³/mol. The fourth-order valence-corrected chi connectivity index (χ4v) is 2.26. The van der Waals surface area contributed by atoms with Crippen molar-refractivity contribution in [1.82, 2.24) is 9.97 Å². The number of carbonyl (C=O) groups is 1. The van der Waals surface area contributed by atoms with Crippen LogP contribution < -0.4 is 11.1 Å². The van der Waals surface area contributed by atoms with Gasteiger partial charge in [0.2, 0.25) is 5.91 Å². The Kier molecular flexibility index (Phi) is 3.56. The van der Waals surface area contributed by atoms with Crippen molar-refractivity contribution in [1.29, 1.82) is 0 Å². The van der Waals surface area contributed by atoms with E-state index in [2.05, 4.69) is 15.3 Å². The zero-order valence-electron chi connectivity index (χ0n) is 10.0. The molecule has 1 aromatic heterocycles. The monoisotopic (exact) mass is 234 g/mol. The Morgan fingerprint density at radius 3 is 2.65 bits per heavy atom. The van der Waals surface area contributed by atoms with Gasteiger partial charge in [-0.3, -0.25) is 4.79 Å². The van der Waals surface area contributed by atoms with Gasteiger partial charge in [0.25, 0.3) is 0 Å². The largest absolute Gasteiger partial charge is 0.369 e. The average Bonchev–Trinajstić information content (AvgIpc) is 2.29. The molecule has 0 aromatic carbocycles. The van der Waals surface area contributed by atoms with Crippen LogP contribution in [0.1, 0.15) is 31.4 Å². The summed E-state index contributed by atoms with van der Waals surface area (Å²) in [4.78, 5) is 19.3. The Labute approximate surface area is 101 Å². The summed E-state index contributed by atoms with van der Waals surface area (Å²) < 4.78 is 0. The van der Waals surface area contributed by atoms with Crippen LogP contribution in [-0.2, 0) is 4.79 Å². The highest BCUT2D eigenvalue weighted by atomic mass is 16.1. The van der Waals surface area contributed by atoms with Gasteiger partial charge >= 0.3 is 0 Å². The molecule has 0 radical (unpaired) electrons. The van der Waals surface area contributed by atoms with Crippen LogP contribution in [0.5, 0.6) is 0 Å². The summed E-state index contributed by atoms with van der Waals surface area (Å²) in [6, 6.07) is 2.32. The van der Waals surface area contributed by atoms with E-state index >= 15 is 0 Å². The van der Waals surface area contributed by atoms with Crippen LogP contribution in [0.3, 0.4) is 0 Å². The Morgan fingerprint density at radius 1 is 1.35 bits per heavy atom. The van der Waals surface area contributed by atoms with Gasteiger partial charge in [-0.2, -0.15) is 0 Å². The molecular weight excluding hydrogens is 216 g/mol. The molecule has 1 fully saturated rings. The van der Waals surface area contributed by atoms with Gasteiger partial charge in [0.15, 0.2) is 0 Å². The molecule has 1 heterocycles. The molecule has 0 bridgehead atoms. The summed E-state index contributed by atoms with van der Waals surface area (Å²) in [5, 5.41) is 3.38. The summed E-state index contributed by atoms with van der Waals surface area (Å²) in [6.07, 6.45) is 5.24. The second-order valence-corrected chi connectivity index (χ2v) is 4.64. The molecule has 1 amide bonds. The number of nitrogens with two attached hydrogens (primary N) is 1. The van der Waals surface area contributed by atoms with E-state index in [-0.39, 0.29) is 11.8 Å². The number of primary amides is 1. The number of amides is 1. The molecule has 0 spiro atoms. The molecule has 1 aliphatic rings. The van der Waals surface area contributed by atoms with Crippen molar-refractivity contribution in [3.8, 4) is 0 Å². The molecule has 0 saturated heterocycles. The zero-order chi connectivity index (χ0) is 12.3. The molecule has 2 rings (SSSR count). The Balaban J connectivity index is 1.88. The topological polar surface area (TPSA) is 80.9 Å². The van der Waals surface area contributed by atoms with Gasteiger partial charge in [0, 0.05) is 23.7 Å². The van der Waals surface area contributed by atoms with E-state index in [1.54, 1.807) is 6.33 Å². The Bertz CT molecular complexity index is 399. The maximum atomic E-state index is 11.0. The van der Waals surface area contributed by atoms with Crippen molar-refractivity contribution in [2.45, 2.75) is 38.6 Å². The molecule has 17 heavy (non-hydrogen) atoms. The number of rotatable bonds is 3. The standard InChI is InChI=1S/C12H18N4O/c1-8-6-11(15-7-14-8)16-10-4-2-9(3-5-10)12(13)17/h6-7,9-10H,2-5H2,1H3,(H2,13,17)(H,14,15,16). The molecule has 1 saturated carbocycles. The molecule has 5 heteroatoms. The van der Waals surface area contributed by atoms with Gasteiger partial charge < -0.3 is 11.1 Å². The summed E-state index contributed by atoms with van der Waals surface area (Å²) >= 11 is 0. The fraction of sp³-hybridized carbons (Fsp3) is 0.583. The van der Waals surface area contributed by atoms with Crippen molar-refractivity contribution in [3.05, 3.63) is 18.1 Å². The van der Waals surface area contributed by atoms with E-state index in [0.717, 1.165) is 37.2 Å². The van der Waals surface area contributed by atoms with E-state index in [1.165, 1.54) is 0 Å². The molecule has 0 unspecified atom stereocenters. The van der Waals surface area contributed by atoms with E-state index in [9.17, 15) is 4.79 Å². The van der Waals surface area contributed by atoms with Crippen molar-refractivity contribution in [2.75, 3.05) is 5.32 Å². The first-order valence-corrected chi connectivity index (χ1v) is 5.99. The maximum Gasteiger partial charge on any atom is 0.220 e. The van der Waals surface area contributed by atoms with Crippen molar-refractivity contribution in [2.24, 2.45) is 11.7 Å². The van der Waals surface area contributed by atoms with E-state index in [4.69, 9.17) is 5.73 Å². The first kappa shape index (κ1) is 11.8. The third-order valence-electron chi connectivity index (χ3n) is 3.29. The quantitative estimate of drug-likeness (QED) is 0.824. The lowest BCUT2D eigenvalue weighted by atomic mass is 9.85. The SMILES string of the molecule is Cc1cc(NC2CCC(C(N)=O)CC2)ncn1. The van der Waals surface area contributed by atoms with Gasteiger partial charge in [-0.05, 0) is 32.6 Å². The minimum Gasteiger partial charge on any atom is -0.369 e. The molecule has 92 valence electrons. The van der Waals surface area contributed by atoms with Crippen molar-refractivity contribution >= 4 is 11.7 Å². The van der Waals surface area contributed by atoms with Gasteiger partial charge in [-0.1, -0.05) is 0 Å². The number of nitrogens with one attached hydrogen (secondary N) is 1. The molecule has 5 nitrogen and oxygen atoms in total. The normalized spacial score (nSPS) is 24.3. The van der Waals surface area contributed by atoms with Crippen LogP contribution in [0.2, 0.25) is 0 Å². The first-order valence-electron chi connectivity index (χ1n) is 5.99. The third-order valence-corrected chi connectivity index (χ3v) is 3.29. The second-order valence-electron chi connectivity index (χ2n) is 4.64. The van der Waals surface area contributed by atoms with Crippen LogP contribution >= 0.6 is 0 Å². The number of hydrogen-bond donors (Lipinski definition) is 2. The fourth-order valence-electron chi connectivity index (χ4n) is 2.26. The van der Waals surface area contributed by atoms with Crippen molar-refractivity contribution < 1.29 is 4.79 Å². The highest BCUT2D eigenvalue weighted by Gasteiger charge is 2.24. The molecular formula is C12H18N4O. The zero-order valence-corrected chi connectivity index (χ0v) is 10.0. The maximum absolute atomic E-state index is 11.0. The number of aromatic nitrogens is 2. The van der Waals surface area contributed by atoms with E-state index in [0.29, 0.717) is 6.04 Å². The van der Waals surface area contributed by atoms with E-state index < -0.39 is 0 Å². The lowest BCUT2D eigenvalue weighted by Gasteiger charge is -2.27. The van der Waals surface area contributed by atoms with Crippen LogP contribution in [-0.4, -0.2) is 21.9 Å². The average molecular weight is 234 g/mol. The van der Waals surface area contributed by atoms with Crippen LogP contribution in [0.4, 0.5) is 5.82 Å². The highest BCUT2D eigenvalue weighted by Crippen LogP contribution is 2.25. The van der Waals surface area contributed by atoms with Crippen LogP contribution in [0, 0.1) is 12.8 Å². The van der Waals surface area contributed by atoms with E-state index in [1.807, 2.05) is 13.0 Å². The summed E-state index contributed by atoms with van der Waals surface area (Å²) in [7, 11) is 0. The van der Waals surface area contributed by atoms with Gasteiger partial charge in [-0.15, -0.1) is 0 Å². The first-order chi connectivity index (χ1) is 8.15. The smallest absolute Gasteiger partial charge is 0.220 e. The van der Waals surface area contributed by atoms with Gasteiger partial charge in [0.1, 0.15) is 12.1 Å². The lowest BCUT2D eigenvalue weighted by Crippen LogP contribution is -2.32. The second kappa shape index (κ2) is 5.12. The Morgan fingerprint density at radius 2 is 2.06 bits per heavy atom. The van der Waals surface area contributed by atoms with Gasteiger partial charge in [-0.25, -0.2) is 9.97 Å². The number of nitrogens with zero attached hydrogens (tertiary/aromatic N) is 2. The Hall–Kier alpha value is -1.65. The number of hydrogen-bond acceptors (Lipinski definition) is 4. The van der Waals surface area contributed by atoms with Crippen LogP contribution in [0.15, 0.2) is 12.4 Å². The predicted octanol–water partition coefficient (Wildman–Crippen LogP) is 1.24. The number of anilines is 1. The lowest BCUT2D eigenvalue weighted by molar-refractivity contribution is -0.122. The summed E-state index contributed by atoms with van der Waals surface area (Å²) in [5.41, 5.74) is 6.26. The summed E-state index contributed by atoms with van der Waals surface area (Å²) in [5.74, 6) is 0.751. The summed E-state index contributed by atoms with van der Waals surface area (Å²) in [6.45, 7) is 1.94. The molecule has 1 aromatic rings. The van der Waals surface area contributed by atoms with Crippen LogP contribution in [0.25, 0.3) is 0 Å².